The minimum atomic E-state index is -0.0176. The van der Waals surface area contributed by atoms with Crippen molar-refractivity contribution < 1.29 is 9.52 Å². The fourth-order valence-corrected chi connectivity index (χ4v) is 0.613. The Kier molecular flexibility index (Phi) is 1.56. The molecule has 0 amide bonds. The summed E-state index contributed by atoms with van der Waals surface area (Å²) < 4.78 is 4.66. The predicted molar refractivity (Wildman–Crippen MR) is 29.6 cm³/mol. The van der Waals surface area contributed by atoms with Crippen LogP contribution >= 0.6 is 11.6 Å². The third-order valence-electron chi connectivity index (χ3n) is 0.804. The van der Waals surface area contributed by atoms with Gasteiger partial charge in [-0.15, -0.1) is 0 Å². The monoisotopic (exact) mass is 132 g/mol. The molecule has 8 heavy (non-hydrogen) atoms. The molecule has 0 atom stereocenters. The summed E-state index contributed by atoms with van der Waals surface area (Å²) in [6, 6.07) is 1.57. The Labute approximate surface area is 51.7 Å². The first-order valence-electron chi connectivity index (χ1n) is 2.16. The molecule has 3 heteroatoms. The number of furan rings is 1. The van der Waals surface area contributed by atoms with Crippen molar-refractivity contribution in [1.82, 2.24) is 0 Å². The average molecular weight is 133 g/mol. The van der Waals surface area contributed by atoms with E-state index in [1.807, 2.05) is 0 Å². The van der Waals surface area contributed by atoms with E-state index < -0.39 is 0 Å². The van der Waals surface area contributed by atoms with E-state index in [0.29, 0.717) is 10.8 Å². The fourth-order valence-electron chi connectivity index (χ4n) is 0.429. The number of hydrogen-bond donors (Lipinski definition) is 1. The minimum Gasteiger partial charge on any atom is -0.453 e. The van der Waals surface area contributed by atoms with Gasteiger partial charge in [0, 0.05) is 11.6 Å². The molecule has 1 heterocycles. The fraction of sp³-hybridized carbons (Fsp3) is 0.200. The van der Waals surface area contributed by atoms with Crippen LogP contribution < -0.4 is 0 Å². The van der Waals surface area contributed by atoms with Crippen molar-refractivity contribution in [1.29, 1.82) is 0 Å². The lowest BCUT2D eigenvalue weighted by atomic mass is 10.4. The maximum absolute atomic E-state index is 8.43. The second-order valence-electron chi connectivity index (χ2n) is 1.42. The summed E-state index contributed by atoms with van der Waals surface area (Å²) in [5.41, 5.74) is 0.704. The molecule has 0 spiro atoms. The average Bonchev–Trinajstić information content (AvgIpc) is 2.14. The van der Waals surface area contributed by atoms with Crippen molar-refractivity contribution in [2.75, 3.05) is 0 Å². The third kappa shape index (κ3) is 1.02. The molecular formula is C5H5ClO2. The summed E-state index contributed by atoms with van der Waals surface area (Å²) in [4.78, 5) is 0. The van der Waals surface area contributed by atoms with Crippen molar-refractivity contribution in [3.63, 3.8) is 0 Å². The molecule has 0 bridgehead atoms. The first-order chi connectivity index (χ1) is 3.83. The largest absolute Gasteiger partial charge is 0.453 e. The van der Waals surface area contributed by atoms with Gasteiger partial charge in [0.15, 0.2) is 5.22 Å². The van der Waals surface area contributed by atoms with Crippen molar-refractivity contribution in [3.8, 4) is 0 Å². The van der Waals surface area contributed by atoms with E-state index in [0.717, 1.165) is 0 Å². The van der Waals surface area contributed by atoms with Crippen LogP contribution in [0.5, 0.6) is 0 Å². The van der Waals surface area contributed by atoms with Crippen molar-refractivity contribution in [3.05, 3.63) is 23.1 Å². The Morgan fingerprint density at radius 3 is 2.75 bits per heavy atom. The topological polar surface area (TPSA) is 33.4 Å². The van der Waals surface area contributed by atoms with Crippen LogP contribution in [0.15, 0.2) is 16.7 Å². The van der Waals surface area contributed by atoms with Crippen molar-refractivity contribution >= 4 is 11.6 Å². The summed E-state index contributed by atoms with van der Waals surface area (Å²) in [5.74, 6) is 0. The first kappa shape index (κ1) is 5.66. The van der Waals surface area contributed by atoms with Crippen LogP contribution in [0.4, 0.5) is 0 Å². The molecule has 0 fully saturated rings. The zero-order chi connectivity index (χ0) is 5.98. The summed E-state index contributed by atoms with van der Waals surface area (Å²) >= 11 is 5.36. The first-order valence-corrected chi connectivity index (χ1v) is 2.54. The number of hydrogen-bond acceptors (Lipinski definition) is 2. The smallest absolute Gasteiger partial charge is 0.193 e. The Bertz CT molecular complexity index is 171. The molecular weight excluding hydrogens is 128 g/mol. The van der Waals surface area contributed by atoms with E-state index >= 15 is 0 Å². The number of halogens is 1. The van der Waals surface area contributed by atoms with Gasteiger partial charge in [-0.25, -0.2) is 0 Å². The van der Waals surface area contributed by atoms with Crippen LogP contribution in [0.1, 0.15) is 5.56 Å². The molecule has 1 N–H and O–H groups in total. The Hall–Kier alpha value is -0.470. The highest BCUT2D eigenvalue weighted by Gasteiger charge is 1.93. The zero-order valence-electron chi connectivity index (χ0n) is 4.10. The van der Waals surface area contributed by atoms with Crippen LogP contribution in [0.2, 0.25) is 5.22 Å². The molecule has 1 aromatic rings. The van der Waals surface area contributed by atoms with E-state index in [1.165, 1.54) is 6.26 Å². The number of rotatable bonds is 1. The third-order valence-corrected chi connectivity index (χ3v) is 1.00. The maximum atomic E-state index is 8.43. The molecule has 0 aromatic carbocycles. The van der Waals surface area contributed by atoms with E-state index in [-0.39, 0.29) is 6.61 Å². The van der Waals surface area contributed by atoms with Crippen LogP contribution in [0.25, 0.3) is 0 Å². The molecule has 0 aliphatic heterocycles. The van der Waals surface area contributed by atoms with Crippen LogP contribution in [-0.2, 0) is 6.61 Å². The van der Waals surface area contributed by atoms with Gasteiger partial charge in [0.1, 0.15) is 0 Å². The van der Waals surface area contributed by atoms with Gasteiger partial charge in [-0.1, -0.05) is 0 Å². The van der Waals surface area contributed by atoms with Crippen molar-refractivity contribution in [2.45, 2.75) is 6.61 Å². The van der Waals surface area contributed by atoms with E-state index in [2.05, 4.69) is 4.42 Å². The standard InChI is InChI=1S/C5H5ClO2/c6-5-1-4(2-7)3-8-5/h1,3,7H,2H2. The van der Waals surface area contributed by atoms with E-state index in [4.69, 9.17) is 16.7 Å². The van der Waals surface area contributed by atoms with Gasteiger partial charge in [0.05, 0.1) is 12.9 Å². The molecule has 1 aromatic heterocycles. The number of aliphatic hydroxyl groups excluding tert-OH is 1. The number of aliphatic hydroxyl groups is 1. The molecule has 2 nitrogen and oxygen atoms in total. The zero-order valence-corrected chi connectivity index (χ0v) is 4.85. The van der Waals surface area contributed by atoms with Gasteiger partial charge >= 0.3 is 0 Å². The van der Waals surface area contributed by atoms with Gasteiger partial charge < -0.3 is 9.52 Å². The second kappa shape index (κ2) is 2.20. The quantitative estimate of drug-likeness (QED) is 0.627. The predicted octanol–water partition coefficient (Wildman–Crippen LogP) is 1.43. The van der Waals surface area contributed by atoms with Crippen molar-refractivity contribution in [2.24, 2.45) is 0 Å². The van der Waals surface area contributed by atoms with E-state index in [1.54, 1.807) is 6.07 Å². The van der Waals surface area contributed by atoms with Gasteiger partial charge in [-0.05, 0) is 11.6 Å². The molecule has 0 aliphatic rings. The molecule has 0 saturated carbocycles. The van der Waals surface area contributed by atoms with Gasteiger partial charge in [-0.3, -0.25) is 0 Å². The lowest BCUT2D eigenvalue weighted by molar-refractivity contribution is 0.280. The Morgan fingerprint density at radius 1 is 1.75 bits per heavy atom. The summed E-state index contributed by atoms with van der Waals surface area (Å²) in [6.07, 6.45) is 1.42. The molecule has 1 rings (SSSR count). The molecule has 0 unspecified atom stereocenters. The molecule has 0 saturated heterocycles. The summed E-state index contributed by atoms with van der Waals surface area (Å²) in [6.45, 7) is -0.0176. The summed E-state index contributed by atoms with van der Waals surface area (Å²) in [5, 5.41) is 8.75. The van der Waals surface area contributed by atoms with Gasteiger partial charge in [0.25, 0.3) is 0 Å². The summed E-state index contributed by atoms with van der Waals surface area (Å²) in [7, 11) is 0. The van der Waals surface area contributed by atoms with Gasteiger partial charge in [0.2, 0.25) is 0 Å². The highest BCUT2D eigenvalue weighted by Crippen LogP contribution is 2.11. The molecule has 44 valence electrons. The molecule has 0 radical (unpaired) electrons. The highest BCUT2D eigenvalue weighted by molar-refractivity contribution is 6.28. The van der Waals surface area contributed by atoms with Gasteiger partial charge in [-0.2, -0.15) is 0 Å². The maximum Gasteiger partial charge on any atom is 0.193 e. The minimum absolute atomic E-state index is 0.0176. The van der Waals surface area contributed by atoms with Crippen LogP contribution in [0, 0.1) is 0 Å². The highest BCUT2D eigenvalue weighted by atomic mass is 35.5. The Morgan fingerprint density at radius 2 is 2.50 bits per heavy atom. The van der Waals surface area contributed by atoms with Crippen LogP contribution in [-0.4, -0.2) is 5.11 Å². The molecule has 0 aliphatic carbocycles. The lowest BCUT2D eigenvalue weighted by Gasteiger charge is -1.77. The SMILES string of the molecule is OCc1coc(Cl)c1. The van der Waals surface area contributed by atoms with Crippen LogP contribution in [0.3, 0.4) is 0 Å². The second-order valence-corrected chi connectivity index (χ2v) is 1.79. The van der Waals surface area contributed by atoms with E-state index in [9.17, 15) is 0 Å². The Balaban J connectivity index is 2.84. The lowest BCUT2D eigenvalue weighted by Crippen LogP contribution is -1.72. The normalized spacial score (nSPS) is 9.75.